The maximum absolute atomic E-state index is 11.9. The van der Waals surface area contributed by atoms with Crippen molar-refractivity contribution in [1.82, 2.24) is 4.73 Å². The second kappa shape index (κ2) is 8.14. The van der Waals surface area contributed by atoms with Crippen LogP contribution in [0.3, 0.4) is 0 Å². The largest absolute Gasteiger partial charge is 0.493 e. The average molecular weight is 331 g/mol. The zero-order chi connectivity index (χ0) is 16.7. The average Bonchev–Trinajstić information content (AvgIpc) is 2.56. The number of carbonyl (C=O) groups is 1. The van der Waals surface area contributed by atoms with Crippen molar-refractivity contribution in [3.63, 3.8) is 0 Å². The third-order valence-electron chi connectivity index (χ3n) is 2.90. The first-order valence-corrected chi connectivity index (χ1v) is 7.38. The zero-order valence-electron chi connectivity index (χ0n) is 12.9. The molecule has 2 aromatic rings. The van der Waals surface area contributed by atoms with E-state index in [-0.39, 0.29) is 6.61 Å². The van der Waals surface area contributed by atoms with Crippen molar-refractivity contribution in [2.75, 3.05) is 13.7 Å². The molecular formula is C17H17NO4S. The fourth-order valence-electron chi connectivity index (χ4n) is 1.91. The number of benzene rings is 1. The third kappa shape index (κ3) is 4.43. The van der Waals surface area contributed by atoms with Crippen molar-refractivity contribution in [2.24, 2.45) is 0 Å². The number of rotatable bonds is 6. The van der Waals surface area contributed by atoms with E-state index in [0.717, 1.165) is 5.56 Å². The van der Waals surface area contributed by atoms with E-state index in [0.29, 0.717) is 16.1 Å². The Hall–Kier alpha value is -2.60. The normalized spacial score (nSPS) is 10.5. The fraction of sp³-hybridized carbons (Fsp3) is 0.176. The molecule has 0 saturated carbocycles. The summed E-state index contributed by atoms with van der Waals surface area (Å²) in [5, 5.41) is 0. The minimum Gasteiger partial charge on any atom is -0.493 e. The molecule has 0 radical (unpaired) electrons. The van der Waals surface area contributed by atoms with Crippen LogP contribution in [-0.2, 0) is 4.79 Å². The highest BCUT2D eigenvalue weighted by Gasteiger charge is 2.12. The molecule has 0 N–H and O–H groups in total. The summed E-state index contributed by atoms with van der Waals surface area (Å²) in [6, 6.07) is 10.6. The summed E-state index contributed by atoms with van der Waals surface area (Å²) in [7, 11) is 1.54. The second-order valence-electron chi connectivity index (χ2n) is 4.50. The maximum atomic E-state index is 11.9. The van der Waals surface area contributed by atoms with Gasteiger partial charge in [-0.1, -0.05) is 42.6 Å². The van der Waals surface area contributed by atoms with E-state index in [4.69, 9.17) is 26.5 Å². The number of hydrogen-bond donors (Lipinski definition) is 0. The first kappa shape index (κ1) is 16.8. The van der Waals surface area contributed by atoms with Gasteiger partial charge in [0.15, 0.2) is 18.1 Å². The van der Waals surface area contributed by atoms with Crippen molar-refractivity contribution in [1.29, 1.82) is 0 Å². The Morgan fingerprint density at radius 3 is 2.78 bits per heavy atom. The molecule has 0 atom stereocenters. The van der Waals surface area contributed by atoms with Gasteiger partial charge in [0.1, 0.15) is 4.64 Å². The van der Waals surface area contributed by atoms with Crippen molar-refractivity contribution >= 4 is 24.3 Å². The Balaban J connectivity index is 2.10. The molecule has 23 heavy (non-hydrogen) atoms. The maximum Gasteiger partial charge on any atom is 0.369 e. The molecule has 0 fully saturated rings. The molecule has 0 unspecified atom stereocenters. The molecular weight excluding hydrogens is 314 g/mol. The summed E-state index contributed by atoms with van der Waals surface area (Å²) in [5.74, 6) is 0.469. The molecule has 120 valence electrons. The van der Waals surface area contributed by atoms with Crippen molar-refractivity contribution in [2.45, 2.75) is 6.92 Å². The summed E-state index contributed by atoms with van der Waals surface area (Å²) in [5.41, 5.74) is 0.816. The van der Waals surface area contributed by atoms with Gasteiger partial charge in [-0.15, -0.1) is 0 Å². The predicted octanol–water partition coefficient (Wildman–Crippen LogP) is 3.29. The molecule has 5 nitrogen and oxygen atoms in total. The van der Waals surface area contributed by atoms with Crippen LogP contribution in [0, 0.1) is 4.64 Å². The van der Waals surface area contributed by atoms with Crippen LogP contribution in [0.25, 0.3) is 6.08 Å². The fourth-order valence-corrected chi connectivity index (χ4v) is 2.09. The van der Waals surface area contributed by atoms with Crippen LogP contribution < -0.4 is 14.3 Å². The highest BCUT2D eigenvalue weighted by molar-refractivity contribution is 7.71. The van der Waals surface area contributed by atoms with Crippen molar-refractivity contribution < 1.29 is 19.1 Å². The summed E-state index contributed by atoms with van der Waals surface area (Å²) >= 11 is 5.06. The van der Waals surface area contributed by atoms with E-state index in [9.17, 15) is 4.79 Å². The zero-order valence-corrected chi connectivity index (χ0v) is 13.7. The van der Waals surface area contributed by atoms with E-state index in [1.807, 2.05) is 31.2 Å². The van der Waals surface area contributed by atoms with Crippen LogP contribution in [0.15, 0.2) is 48.7 Å². The number of hydrogen-bond acceptors (Lipinski definition) is 5. The molecule has 0 aliphatic rings. The quantitative estimate of drug-likeness (QED) is 0.760. The smallest absolute Gasteiger partial charge is 0.369 e. The van der Waals surface area contributed by atoms with Crippen LogP contribution >= 0.6 is 12.2 Å². The molecule has 1 aromatic heterocycles. The molecule has 6 heteroatoms. The number of para-hydroxylation sites is 1. The van der Waals surface area contributed by atoms with Crippen LogP contribution in [0.1, 0.15) is 12.5 Å². The van der Waals surface area contributed by atoms with Gasteiger partial charge in [0.2, 0.25) is 0 Å². The van der Waals surface area contributed by atoms with Gasteiger partial charge >= 0.3 is 5.97 Å². The Morgan fingerprint density at radius 2 is 2.09 bits per heavy atom. The predicted molar refractivity (Wildman–Crippen MR) is 90.1 cm³/mol. The monoisotopic (exact) mass is 331 g/mol. The number of allylic oxidation sites excluding steroid dienone is 1. The van der Waals surface area contributed by atoms with E-state index < -0.39 is 5.97 Å². The minimum absolute atomic E-state index is 0.262. The van der Waals surface area contributed by atoms with E-state index >= 15 is 0 Å². The van der Waals surface area contributed by atoms with E-state index in [1.54, 1.807) is 37.6 Å². The number of nitrogens with zero attached hydrogens (tertiary/aromatic N) is 1. The van der Waals surface area contributed by atoms with Gasteiger partial charge in [0.25, 0.3) is 0 Å². The van der Waals surface area contributed by atoms with Gasteiger partial charge < -0.3 is 14.3 Å². The number of carbonyl (C=O) groups excluding carboxylic acids is 1. The lowest BCUT2D eigenvalue weighted by Crippen LogP contribution is -2.25. The van der Waals surface area contributed by atoms with Gasteiger partial charge in [0.05, 0.1) is 7.11 Å². The number of aromatic nitrogens is 1. The van der Waals surface area contributed by atoms with Gasteiger partial charge in [0, 0.05) is 11.8 Å². The SMILES string of the molecule is C/C=C/c1cccc(OC)c1OCC(=O)On1ccccc1=S. The molecule has 0 amide bonds. The Kier molecular flexibility index (Phi) is 5.94. The highest BCUT2D eigenvalue weighted by atomic mass is 32.1. The first-order valence-electron chi connectivity index (χ1n) is 6.97. The van der Waals surface area contributed by atoms with Crippen molar-refractivity contribution in [3.05, 3.63) is 58.9 Å². The highest BCUT2D eigenvalue weighted by Crippen LogP contribution is 2.31. The topological polar surface area (TPSA) is 49.7 Å². The summed E-state index contributed by atoms with van der Waals surface area (Å²) in [4.78, 5) is 17.1. The van der Waals surface area contributed by atoms with Crippen LogP contribution in [-0.4, -0.2) is 24.4 Å². The molecule has 1 heterocycles. The molecule has 0 bridgehead atoms. The molecule has 0 aliphatic carbocycles. The Labute approximate surface area is 139 Å². The van der Waals surface area contributed by atoms with Crippen molar-refractivity contribution in [3.8, 4) is 11.5 Å². The molecule has 0 aliphatic heterocycles. The summed E-state index contributed by atoms with van der Waals surface area (Å²) in [6.07, 6.45) is 5.31. The van der Waals surface area contributed by atoms with Gasteiger partial charge in [-0.3, -0.25) is 0 Å². The van der Waals surface area contributed by atoms with Gasteiger partial charge in [-0.2, -0.15) is 4.73 Å². The molecule has 0 saturated heterocycles. The number of ether oxygens (including phenoxy) is 2. The third-order valence-corrected chi connectivity index (χ3v) is 3.21. The van der Waals surface area contributed by atoms with E-state index in [2.05, 4.69) is 0 Å². The van der Waals surface area contributed by atoms with E-state index in [1.165, 1.54) is 4.73 Å². The Bertz CT molecular complexity index is 767. The van der Waals surface area contributed by atoms with Gasteiger partial charge in [-0.05, 0) is 25.1 Å². The summed E-state index contributed by atoms with van der Waals surface area (Å²) in [6.45, 7) is 1.64. The van der Waals surface area contributed by atoms with Crippen LogP contribution in [0.2, 0.25) is 0 Å². The number of pyridine rings is 1. The lowest BCUT2D eigenvalue weighted by atomic mass is 10.1. The first-order chi connectivity index (χ1) is 11.2. The van der Waals surface area contributed by atoms with Gasteiger partial charge in [-0.25, -0.2) is 4.79 Å². The lowest BCUT2D eigenvalue weighted by molar-refractivity contribution is -0.146. The minimum atomic E-state index is -0.565. The lowest BCUT2D eigenvalue weighted by Gasteiger charge is -2.13. The van der Waals surface area contributed by atoms with Crippen LogP contribution in [0.5, 0.6) is 11.5 Å². The Morgan fingerprint density at radius 1 is 1.26 bits per heavy atom. The molecule has 2 rings (SSSR count). The molecule has 0 spiro atoms. The standard InChI is InChI=1S/C17H17NO4S/c1-3-7-13-8-6-9-14(20-2)17(13)21-12-16(19)22-18-11-5-4-10-15(18)23/h3-11H,12H2,1-2H3/b7-3+. The van der Waals surface area contributed by atoms with Crippen LogP contribution in [0.4, 0.5) is 0 Å². The number of methoxy groups -OCH3 is 1. The summed E-state index contributed by atoms with van der Waals surface area (Å²) < 4.78 is 12.5. The second-order valence-corrected chi connectivity index (χ2v) is 4.91. The molecule has 1 aromatic carbocycles.